The molecule has 0 saturated carbocycles. The summed E-state index contributed by atoms with van der Waals surface area (Å²) in [5.74, 6) is 0.839. The topological polar surface area (TPSA) is 117 Å². The van der Waals surface area contributed by atoms with Gasteiger partial charge in [-0.05, 0) is 66.1 Å². The van der Waals surface area contributed by atoms with Crippen LogP contribution >= 0.6 is 0 Å². The molecule has 0 aliphatic heterocycles. The van der Waals surface area contributed by atoms with Crippen LogP contribution in [0, 0.1) is 0 Å². The molecular weight excluding hydrogens is 462 g/mol. The predicted molar refractivity (Wildman–Crippen MR) is 135 cm³/mol. The minimum absolute atomic E-state index is 0.237. The van der Waals surface area contributed by atoms with Crippen LogP contribution in [0.15, 0.2) is 66.7 Å². The molecular formula is C28H33NO7. The Morgan fingerprint density at radius 2 is 1.69 bits per heavy atom. The number of rotatable bonds is 14. The molecule has 8 nitrogen and oxygen atoms in total. The van der Waals surface area contributed by atoms with Gasteiger partial charge in [0.2, 0.25) is 0 Å². The first-order valence-electron chi connectivity index (χ1n) is 11.8. The first-order valence-corrected chi connectivity index (χ1v) is 11.8. The fraction of sp³-hybridized carbons (Fsp3) is 0.321. The van der Waals surface area contributed by atoms with Gasteiger partial charge in [-0.1, -0.05) is 30.3 Å². The third-order valence-corrected chi connectivity index (χ3v) is 5.45. The van der Waals surface area contributed by atoms with Crippen molar-refractivity contribution in [2.24, 2.45) is 0 Å². The van der Waals surface area contributed by atoms with E-state index >= 15 is 0 Å². The smallest absolute Gasteiger partial charge is 0.308 e. The van der Waals surface area contributed by atoms with Crippen molar-refractivity contribution >= 4 is 5.97 Å². The maximum atomic E-state index is 11.2. The summed E-state index contributed by atoms with van der Waals surface area (Å²) >= 11 is 0. The average Bonchev–Trinajstić information content (AvgIpc) is 2.88. The number of phenols is 1. The quantitative estimate of drug-likeness (QED) is 0.153. The van der Waals surface area contributed by atoms with Crippen LogP contribution in [0.4, 0.5) is 0 Å². The molecule has 0 aliphatic rings. The number of aromatic hydroxyl groups is 1. The molecule has 0 bridgehead atoms. The zero-order chi connectivity index (χ0) is 25.8. The van der Waals surface area contributed by atoms with Gasteiger partial charge in [0.15, 0.2) is 0 Å². The average molecular weight is 496 g/mol. The van der Waals surface area contributed by atoms with Crippen LogP contribution in [0.2, 0.25) is 0 Å². The number of ether oxygens (including phenoxy) is 3. The van der Waals surface area contributed by atoms with Crippen molar-refractivity contribution in [3.63, 3.8) is 0 Å². The number of aliphatic hydroxyl groups excluding tert-OH is 2. The Bertz CT molecular complexity index is 1080. The van der Waals surface area contributed by atoms with Gasteiger partial charge in [0.1, 0.15) is 23.9 Å². The summed E-state index contributed by atoms with van der Waals surface area (Å²) in [4.78, 5) is 11.2. The highest BCUT2D eigenvalue weighted by Gasteiger charge is 2.12. The second-order valence-corrected chi connectivity index (χ2v) is 8.30. The molecule has 1 unspecified atom stereocenters. The Morgan fingerprint density at radius 3 is 2.39 bits per heavy atom. The van der Waals surface area contributed by atoms with E-state index in [1.165, 1.54) is 6.92 Å². The predicted octanol–water partition coefficient (Wildman–Crippen LogP) is 3.27. The molecule has 3 rings (SSSR count). The van der Waals surface area contributed by atoms with Gasteiger partial charge in [0.05, 0.1) is 25.9 Å². The van der Waals surface area contributed by atoms with Gasteiger partial charge in [-0.25, -0.2) is 0 Å². The van der Waals surface area contributed by atoms with Crippen LogP contribution in [-0.2, 0) is 29.2 Å². The SMILES string of the molecule is CC(=O)Oc1ccc(C(O)CNCCc2ccc(OCCOCc3ccc(O)cc3)cc2)cc1CO. The Hall–Kier alpha value is -3.43. The van der Waals surface area contributed by atoms with Gasteiger partial charge in [0, 0.05) is 19.0 Å². The number of phenolic OH excluding ortho intramolecular Hbond substituents is 1. The monoisotopic (exact) mass is 495 g/mol. The number of carbonyl (C=O) groups excluding carboxylic acids is 1. The lowest BCUT2D eigenvalue weighted by Crippen LogP contribution is -2.24. The molecule has 36 heavy (non-hydrogen) atoms. The van der Waals surface area contributed by atoms with E-state index in [2.05, 4.69) is 5.32 Å². The molecule has 1 atom stereocenters. The highest BCUT2D eigenvalue weighted by Crippen LogP contribution is 2.24. The number of hydrogen-bond donors (Lipinski definition) is 4. The van der Waals surface area contributed by atoms with Crippen LogP contribution in [-0.4, -0.2) is 47.6 Å². The molecule has 0 spiro atoms. The lowest BCUT2D eigenvalue weighted by atomic mass is 10.0. The third kappa shape index (κ3) is 8.98. The summed E-state index contributed by atoms with van der Waals surface area (Å²) in [6, 6.07) is 19.7. The first kappa shape index (κ1) is 27.2. The van der Waals surface area contributed by atoms with Crippen molar-refractivity contribution in [2.45, 2.75) is 32.7 Å². The van der Waals surface area contributed by atoms with E-state index in [4.69, 9.17) is 14.2 Å². The van der Waals surface area contributed by atoms with Gasteiger partial charge >= 0.3 is 5.97 Å². The number of esters is 1. The summed E-state index contributed by atoms with van der Waals surface area (Å²) < 4.78 is 16.4. The molecule has 3 aromatic rings. The third-order valence-electron chi connectivity index (χ3n) is 5.45. The van der Waals surface area contributed by atoms with Gasteiger partial charge in [-0.3, -0.25) is 4.79 Å². The van der Waals surface area contributed by atoms with E-state index in [0.717, 1.165) is 23.3 Å². The number of nitrogens with one attached hydrogen (secondary N) is 1. The molecule has 0 aliphatic carbocycles. The van der Waals surface area contributed by atoms with E-state index in [-0.39, 0.29) is 12.4 Å². The van der Waals surface area contributed by atoms with E-state index < -0.39 is 12.1 Å². The standard InChI is InChI=1S/C28H33NO7/c1-20(31)36-28-11-6-23(16-24(28)18-30)27(33)17-29-13-12-21-4-9-26(10-5-21)35-15-14-34-19-22-2-7-25(32)8-3-22/h2-11,16,27,29-30,32-33H,12-15,17-19H2,1H3. The highest BCUT2D eigenvalue weighted by atomic mass is 16.5. The van der Waals surface area contributed by atoms with Crippen molar-refractivity contribution in [1.29, 1.82) is 0 Å². The zero-order valence-electron chi connectivity index (χ0n) is 20.4. The molecule has 0 aromatic heterocycles. The second-order valence-electron chi connectivity index (χ2n) is 8.30. The summed E-state index contributed by atoms with van der Waals surface area (Å²) in [6.07, 6.45) is 0.0319. The first-order chi connectivity index (χ1) is 17.4. The molecule has 0 saturated heterocycles. The number of hydrogen-bond acceptors (Lipinski definition) is 8. The number of carbonyl (C=O) groups is 1. The molecule has 192 valence electrons. The molecule has 4 N–H and O–H groups in total. The highest BCUT2D eigenvalue weighted by molar-refractivity contribution is 5.69. The lowest BCUT2D eigenvalue weighted by molar-refractivity contribution is -0.131. The maximum Gasteiger partial charge on any atom is 0.308 e. The van der Waals surface area contributed by atoms with Crippen LogP contribution in [0.1, 0.15) is 35.3 Å². The Balaban J connectivity index is 1.33. The summed E-state index contributed by atoms with van der Waals surface area (Å²) in [7, 11) is 0. The normalized spacial score (nSPS) is 11.8. The molecule has 8 heteroatoms. The van der Waals surface area contributed by atoms with Crippen molar-refractivity contribution in [2.75, 3.05) is 26.3 Å². The van der Waals surface area contributed by atoms with Crippen molar-refractivity contribution in [3.05, 3.63) is 89.0 Å². The fourth-order valence-electron chi connectivity index (χ4n) is 3.53. The Morgan fingerprint density at radius 1 is 0.972 bits per heavy atom. The molecule has 0 radical (unpaired) electrons. The summed E-state index contributed by atoms with van der Waals surface area (Å²) in [5, 5.41) is 32.5. The lowest BCUT2D eigenvalue weighted by Gasteiger charge is -2.15. The maximum absolute atomic E-state index is 11.2. The largest absolute Gasteiger partial charge is 0.508 e. The summed E-state index contributed by atoms with van der Waals surface area (Å²) in [5.41, 5.74) is 3.22. The van der Waals surface area contributed by atoms with Gasteiger partial charge in [0.25, 0.3) is 0 Å². The van der Waals surface area contributed by atoms with Crippen molar-refractivity contribution < 1.29 is 34.3 Å². The van der Waals surface area contributed by atoms with Crippen molar-refractivity contribution in [3.8, 4) is 17.2 Å². The van der Waals surface area contributed by atoms with Crippen LogP contribution in [0.5, 0.6) is 17.2 Å². The zero-order valence-corrected chi connectivity index (χ0v) is 20.4. The Labute approximate surface area is 211 Å². The number of aliphatic hydroxyl groups is 2. The van der Waals surface area contributed by atoms with Gasteiger partial charge in [-0.2, -0.15) is 0 Å². The molecule has 0 heterocycles. The molecule has 3 aromatic carbocycles. The molecule has 0 fully saturated rings. The van der Waals surface area contributed by atoms with Crippen LogP contribution in [0.3, 0.4) is 0 Å². The van der Waals surface area contributed by atoms with Gasteiger partial charge in [-0.15, -0.1) is 0 Å². The summed E-state index contributed by atoms with van der Waals surface area (Å²) in [6.45, 7) is 3.41. The molecule has 0 amide bonds. The van der Waals surface area contributed by atoms with Gasteiger partial charge < -0.3 is 34.8 Å². The number of benzene rings is 3. The minimum Gasteiger partial charge on any atom is -0.508 e. The minimum atomic E-state index is -0.756. The van der Waals surface area contributed by atoms with E-state index in [1.54, 1.807) is 30.3 Å². The van der Waals surface area contributed by atoms with Crippen molar-refractivity contribution in [1.82, 2.24) is 5.32 Å². The van der Waals surface area contributed by atoms with Crippen LogP contribution in [0.25, 0.3) is 0 Å². The van der Waals surface area contributed by atoms with E-state index in [9.17, 15) is 20.1 Å². The fourth-order valence-corrected chi connectivity index (χ4v) is 3.53. The Kier molecular flexibility index (Phi) is 10.7. The van der Waals surface area contributed by atoms with Crippen LogP contribution < -0.4 is 14.8 Å². The second kappa shape index (κ2) is 14.2. The van der Waals surface area contributed by atoms with E-state index in [1.807, 2.05) is 36.4 Å². The van der Waals surface area contributed by atoms with E-state index in [0.29, 0.717) is 49.8 Å².